The summed E-state index contributed by atoms with van der Waals surface area (Å²) in [6.07, 6.45) is -4.68. The summed E-state index contributed by atoms with van der Waals surface area (Å²) in [6.45, 7) is 0. The largest absolute Gasteiger partial charge is 0.416 e. The van der Waals surface area contributed by atoms with Gasteiger partial charge in [-0.25, -0.2) is 8.42 Å². The van der Waals surface area contributed by atoms with Crippen molar-refractivity contribution >= 4 is 9.84 Å². The third kappa shape index (κ3) is 3.46. The summed E-state index contributed by atoms with van der Waals surface area (Å²) in [6, 6.07) is 4.88. The van der Waals surface area contributed by atoms with Crippen LogP contribution >= 0.6 is 0 Å². The SMILES string of the molecule is N#CCCS(=O)(=O)c1ccc(C(F)(F)F)cc1. The third-order valence-corrected chi connectivity index (χ3v) is 3.76. The van der Waals surface area contributed by atoms with Gasteiger partial charge in [-0.05, 0) is 24.3 Å². The molecule has 0 saturated carbocycles. The molecule has 0 fully saturated rings. The number of benzene rings is 1. The highest BCUT2D eigenvalue weighted by Gasteiger charge is 2.30. The fraction of sp³-hybridized carbons (Fsp3) is 0.300. The zero-order valence-corrected chi connectivity index (χ0v) is 9.35. The van der Waals surface area contributed by atoms with Crippen LogP contribution in [-0.2, 0) is 16.0 Å². The Kier molecular flexibility index (Phi) is 3.78. The van der Waals surface area contributed by atoms with Gasteiger partial charge in [-0.15, -0.1) is 0 Å². The van der Waals surface area contributed by atoms with Gasteiger partial charge >= 0.3 is 6.18 Å². The highest BCUT2D eigenvalue weighted by molar-refractivity contribution is 7.91. The normalized spacial score (nSPS) is 12.1. The Morgan fingerprint density at radius 1 is 1.18 bits per heavy atom. The molecule has 0 bridgehead atoms. The maximum absolute atomic E-state index is 12.2. The second kappa shape index (κ2) is 4.75. The van der Waals surface area contributed by atoms with Crippen molar-refractivity contribution in [2.24, 2.45) is 0 Å². The van der Waals surface area contributed by atoms with Gasteiger partial charge in [0.05, 0.1) is 22.3 Å². The first-order valence-corrected chi connectivity index (χ1v) is 6.19. The summed E-state index contributed by atoms with van der Waals surface area (Å²) in [7, 11) is -3.67. The summed E-state index contributed by atoms with van der Waals surface area (Å²) in [4.78, 5) is -0.208. The lowest BCUT2D eigenvalue weighted by Gasteiger charge is -2.07. The minimum absolute atomic E-state index is 0.191. The van der Waals surface area contributed by atoms with Crippen LogP contribution < -0.4 is 0 Å². The monoisotopic (exact) mass is 263 g/mol. The molecule has 0 aromatic heterocycles. The standard InChI is InChI=1S/C10H8F3NO2S/c11-10(12,13)8-2-4-9(5-3-8)17(15,16)7-1-6-14/h2-5H,1,7H2. The van der Waals surface area contributed by atoms with Gasteiger partial charge < -0.3 is 0 Å². The Bertz CT molecular complexity index is 526. The molecule has 3 nitrogen and oxygen atoms in total. The summed E-state index contributed by atoms with van der Waals surface area (Å²) >= 11 is 0. The predicted molar refractivity (Wildman–Crippen MR) is 53.7 cm³/mol. The van der Waals surface area contributed by atoms with E-state index in [0.717, 1.165) is 12.1 Å². The number of alkyl halides is 3. The van der Waals surface area contributed by atoms with Gasteiger partial charge in [-0.3, -0.25) is 0 Å². The van der Waals surface area contributed by atoms with Crippen molar-refractivity contribution in [1.29, 1.82) is 5.26 Å². The smallest absolute Gasteiger partial charge is 0.224 e. The highest BCUT2D eigenvalue weighted by atomic mass is 32.2. The molecule has 0 aliphatic carbocycles. The van der Waals surface area contributed by atoms with Crippen LogP contribution in [0.5, 0.6) is 0 Å². The lowest BCUT2D eigenvalue weighted by atomic mass is 10.2. The van der Waals surface area contributed by atoms with E-state index >= 15 is 0 Å². The fourth-order valence-electron chi connectivity index (χ4n) is 1.15. The van der Waals surface area contributed by atoms with Crippen LogP contribution in [0.25, 0.3) is 0 Å². The van der Waals surface area contributed by atoms with Gasteiger partial charge in [0.15, 0.2) is 9.84 Å². The maximum atomic E-state index is 12.2. The van der Waals surface area contributed by atoms with Gasteiger partial charge in [0.2, 0.25) is 0 Å². The zero-order valence-electron chi connectivity index (χ0n) is 8.53. The first-order valence-electron chi connectivity index (χ1n) is 4.54. The van der Waals surface area contributed by atoms with Gasteiger partial charge in [0, 0.05) is 6.42 Å². The second-order valence-electron chi connectivity index (χ2n) is 3.25. The van der Waals surface area contributed by atoms with Gasteiger partial charge in [0.25, 0.3) is 0 Å². The third-order valence-electron chi connectivity index (χ3n) is 2.02. The minimum atomic E-state index is -4.49. The zero-order chi connectivity index (χ0) is 13.1. The average Bonchev–Trinajstić information content (AvgIpc) is 2.25. The quantitative estimate of drug-likeness (QED) is 0.841. The van der Waals surface area contributed by atoms with Crippen LogP contribution in [0.2, 0.25) is 0 Å². The van der Waals surface area contributed by atoms with Crippen molar-refractivity contribution in [1.82, 2.24) is 0 Å². The van der Waals surface area contributed by atoms with Crippen molar-refractivity contribution in [3.05, 3.63) is 29.8 Å². The van der Waals surface area contributed by atoms with E-state index in [0.29, 0.717) is 12.1 Å². The topological polar surface area (TPSA) is 57.9 Å². The first kappa shape index (κ1) is 13.5. The molecule has 0 N–H and O–H groups in total. The Morgan fingerprint density at radius 3 is 2.12 bits per heavy atom. The Morgan fingerprint density at radius 2 is 1.71 bits per heavy atom. The lowest BCUT2D eigenvalue weighted by Crippen LogP contribution is -2.08. The van der Waals surface area contributed by atoms with Crippen LogP contribution in [0, 0.1) is 11.3 Å². The van der Waals surface area contributed by atoms with Crippen LogP contribution in [0.3, 0.4) is 0 Å². The molecule has 1 aromatic carbocycles. The molecule has 0 heterocycles. The van der Waals surface area contributed by atoms with E-state index < -0.39 is 27.3 Å². The molecular formula is C10H8F3NO2S. The second-order valence-corrected chi connectivity index (χ2v) is 5.36. The highest BCUT2D eigenvalue weighted by Crippen LogP contribution is 2.29. The van der Waals surface area contributed by atoms with E-state index in [1.165, 1.54) is 0 Å². The number of nitrogens with zero attached hydrogens (tertiary/aromatic N) is 1. The van der Waals surface area contributed by atoms with E-state index in [1.807, 2.05) is 0 Å². The van der Waals surface area contributed by atoms with Crippen LogP contribution in [-0.4, -0.2) is 14.2 Å². The van der Waals surface area contributed by atoms with E-state index in [-0.39, 0.29) is 11.3 Å². The molecule has 0 aliphatic heterocycles. The maximum Gasteiger partial charge on any atom is 0.416 e. The Labute approximate surface area is 96.4 Å². The number of hydrogen-bond acceptors (Lipinski definition) is 3. The molecule has 7 heteroatoms. The Balaban J connectivity index is 3.00. The lowest BCUT2D eigenvalue weighted by molar-refractivity contribution is -0.137. The molecule has 0 amide bonds. The van der Waals surface area contributed by atoms with Crippen molar-refractivity contribution in [2.45, 2.75) is 17.5 Å². The molecule has 0 atom stereocenters. The van der Waals surface area contributed by atoms with Crippen molar-refractivity contribution < 1.29 is 21.6 Å². The van der Waals surface area contributed by atoms with Crippen LogP contribution in [0.15, 0.2) is 29.2 Å². The van der Waals surface area contributed by atoms with Crippen molar-refractivity contribution in [3.63, 3.8) is 0 Å². The van der Waals surface area contributed by atoms with E-state index in [4.69, 9.17) is 5.26 Å². The Hall–Kier alpha value is -1.55. The molecule has 1 aromatic rings. The molecular weight excluding hydrogens is 255 g/mol. The fourth-order valence-corrected chi connectivity index (χ4v) is 2.30. The number of halogens is 3. The predicted octanol–water partition coefficient (Wildman–Crippen LogP) is 2.39. The number of rotatable bonds is 3. The van der Waals surface area contributed by atoms with E-state index in [2.05, 4.69) is 0 Å². The van der Waals surface area contributed by atoms with Gasteiger partial charge in [-0.1, -0.05) is 0 Å². The molecule has 17 heavy (non-hydrogen) atoms. The van der Waals surface area contributed by atoms with E-state index in [9.17, 15) is 21.6 Å². The van der Waals surface area contributed by atoms with Crippen LogP contribution in [0.4, 0.5) is 13.2 Å². The number of sulfone groups is 1. The van der Waals surface area contributed by atoms with Gasteiger partial charge in [0.1, 0.15) is 0 Å². The van der Waals surface area contributed by atoms with Crippen LogP contribution in [0.1, 0.15) is 12.0 Å². The van der Waals surface area contributed by atoms with Crippen molar-refractivity contribution in [3.8, 4) is 6.07 Å². The van der Waals surface area contributed by atoms with E-state index in [1.54, 1.807) is 6.07 Å². The molecule has 0 spiro atoms. The summed E-state index contributed by atoms with van der Waals surface area (Å²) < 4.78 is 59.7. The molecule has 0 radical (unpaired) electrons. The summed E-state index contributed by atoms with van der Waals surface area (Å²) in [5.74, 6) is -0.394. The molecule has 1 rings (SSSR count). The van der Waals surface area contributed by atoms with Crippen molar-refractivity contribution in [2.75, 3.05) is 5.75 Å². The number of hydrogen-bond donors (Lipinski definition) is 0. The summed E-state index contributed by atoms with van der Waals surface area (Å²) in [5, 5.41) is 8.26. The molecule has 92 valence electrons. The average molecular weight is 263 g/mol. The molecule has 0 aliphatic rings. The molecule has 0 unspecified atom stereocenters. The first-order chi connectivity index (χ1) is 7.77. The minimum Gasteiger partial charge on any atom is -0.224 e. The summed E-state index contributed by atoms with van der Waals surface area (Å²) in [5.41, 5.74) is -0.906. The number of nitriles is 1. The van der Waals surface area contributed by atoms with Gasteiger partial charge in [-0.2, -0.15) is 18.4 Å². The molecule has 0 saturated heterocycles.